The summed E-state index contributed by atoms with van der Waals surface area (Å²) in [7, 11) is 0. The van der Waals surface area contributed by atoms with E-state index in [1.165, 1.54) is 0 Å². The van der Waals surface area contributed by atoms with Crippen LogP contribution in [0.2, 0.25) is 0 Å². The summed E-state index contributed by atoms with van der Waals surface area (Å²) in [6.07, 6.45) is 4.73. The standard InChI is InChI=1S/C26H26N8O/c1-14-5-6-17(16-4-3-8-28-22(14)16)23-24-25(32-31-23)30-21(11-29-24)34-9-7-18-19(12-34)26(18,13-27)20-10-15(2)35-33-20/h3-6,8,10-11,18-19H,7,9,12-13,27H2,1-2H3,(H,30,31,32). The van der Waals surface area contributed by atoms with Crippen molar-refractivity contribution in [2.75, 3.05) is 24.5 Å². The highest BCUT2D eigenvalue weighted by molar-refractivity contribution is 6.01. The van der Waals surface area contributed by atoms with Gasteiger partial charge in [-0.25, -0.2) is 9.97 Å². The van der Waals surface area contributed by atoms with Gasteiger partial charge in [0.25, 0.3) is 0 Å². The molecule has 4 aromatic heterocycles. The minimum Gasteiger partial charge on any atom is -0.361 e. The molecular formula is C26H26N8O. The first-order chi connectivity index (χ1) is 17.1. The largest absolute Gasteiger partial charge is 0.361 e. The van der Waals surface area contributed by atoms with Gasteiger partial charge in [-0.15, -0.1) is 0 Å². The van der Waals surface area contributed by atoms with Crippen molar-refractivity contribution in [3.63, 3.8) is 0 Å². The minimum atomic E-state index is -0.0932. The number of hydrogen-bond acceptors (Lipinski definition) is 8. The highest BCUT2D eigenvalue weighted by Gasteiger charge is 2.67. The molecule has 2 fully saturated rings. The molecule has 5 aromatic rings. The Labute approximate surface area is 201 Å². The molecule has 9 heteroatoms. The zero-order chi connectivity index (χ0) is 23.7. The normalized spacial score (nSPS) is 23.7. The number of aromatic amines is 1. The van der Waals surface area contributed by atoms with Gasteiger partial charge in [-0.05, 0) is 43.7 Å². The highest BCUT2D eigenvalue weighted by Crippen LogP contribution is 2.62. The van der Waals surface area contributed by atoms with Crippen molar-refractivity contribution in [2.45, 2.75) is 25.7 Å². The molecule has 35 heavy (non-hydrogen) atoms. The van der Waals surface area contributed by atoms with Crippen molar-refractivity contribution in [3.05, 3.63) is 59.7 Å². The first kappa shape index (κ1) is 20.5. The number of piperidine rings is 1. The second-order valence-corrected chi connectivity index (χ2v) is 9.84. The molecule has 0 radical (unpaired) electrons. The van der Waals surface area contributed by atoms with E-state index in [0.29, 0.717) is 24.0 Å². The number of rotatable bonds is 4. The summed E-state index contributed by atoms with van der Waals surface area (Å²) in [5, 5.41) is 13.1. The van der Waals surface area contributed by atoms with Crippen LogP contribution in [0.4, 0.5) is 5.82 Å². The van der Waals surface area contributed by atoms with Crippen LogP contribution in [0.25, 0.3) is 33.3 Å². The first-order valence-corrected chi connectivity index (χ1v) is 12.0. The topological polar surface area (TPSA) is 123 Å². The number of aromatic nitrogens is 6. The van der Waals surface area contributed by atoms with Crippen molar-refractivity contribution in [1.29, 1.82) is 0 Å². The summed E-state index contributed by atoms with van der Waals surface area (Å²) in [5.74, 6) is 2.64. The van der Waals surface area contributed by atoms with Gasteiger partial charge in [-0.3, -0.25) is 10.1 Å². The van der Waals surface area contributed by atoms with Crippen LogP contribution in [0.3, 0.4) is 0 Å². The zero-order valence-electron chi connectivity index (χ0n) is 19.7. The van der Waals surface area contributed by atoms with Crippen LogP contribution in [0.15, 0.2) is 47.2 Å². The molecule has 1 saturated heterocycles. The summed E-state index contributed by atoms with van der Waals surface area (Å²) in [6.45, 7) is 6.36. The average Bonchev–Trinajstić information content (AvgIpc) is 3.13. The number of aryl methyl sites for hydroxylation is 2. The van der Waals surface area contributed by atoms with Gasteiger partial charge in [0, 0.05) is 48.3 Å². The van der Waals surface area contributed by atoms with E-state index < -0.39 is 0 Å². The van der Waals surface area contributed by atoms with Gasteiger partial charge in [0.15, 0.2) is 0 Å². The summed E-state index contributed by atoms with van der Waals surface area (Å²) >= 11 is 0. The number of nitrogens with zero attached hydrogens (tertiary/aromatic N) is 6. The van der Waals surface area contributed by atoms with Crippen molar-refractivity contribution >= 4 is 27.9 Å². The maximum Gasteiger partial charge on any atom is 0.202 e. The number of fused-ring (bicyclic) bond motifs is 3. The maximum absolute atomic E-state index is 6.29. The molecule has 5 heterocycles. The monoisotopic (exact) mass is 466 g/mol. The number of benzene rings is 1. The number of anilines is 1. The summed E-state index contributed by atoms with van der Waals surface area (Å²) in [6, 6.07) is 10.3. The zero-order valence-corrected chi connectivity index (χ0v) is 19.7. The number of nitrogens with two attached hydrogens (primary N) is 1. The second kappa shape index (κ2) is 7.32. The lowest BCUT2D eigenvalue weighted by molar-refractivity contribution is 0.379. The van der Waals surface area contributed by atoms with Gasteiger partial charge in [0.05, 0.1) is 23.1 Å². The van der Waals surface area contributed by atoms with Crippen LogP contribution in [0.1, 0.15) is 23.4 Å². The third-order valence-corrected chi connectivity index (χ3v) is 8.09. The predicted octanol–water partition coefficient (Wildman–Crippen LogP) is 3.53. The Morgan fingerprint density at radius 2 is 2.09 bits per heavy atom. The quantitative estimate of drug-likeness (QED) is 0.412. The fourth-order valence-electron chi connectivity index (χ4n) is 6.22. The number of hydrogen-bond donors (Lipinski definition) is 2. The lowest BCUT2D eigenvalue weighted by atomic mass is 9.97. The number of nitrogens with one attached hydrogen (secondary N) is 1. The summed E-state index contributed by atoms with van der Waals surface area (Å²) < 4.78 is 5.37. The van der Waals surface area contributed by atoms with Crippen LogP contribution in [0.5, 0.6) is 0 Å². The molecule has 1 aromatic carbocycles. The minimum absolute atomic E-state index is 0.0932. The molecule has 1 aliphatic carbocycles. The van der Waals surface area contributed by atoms with E-state index in [2.05, 4.69) is 50.4 Å². The van der Waals surface area contributed by atoms with Crippen molar-refractivity contribution in [2.24, 2.45) is 17.6 Å². The Kier molecular flexibility index (Phi) is 4.29. The molecule has 0 bridgehead atoms. The summed E-state index contributed by atoms with van der Waals surface area (Å²) in [4.78, 5) is 16.6. The first-order valence-electron chi connectivity index (χ1n) is 12.0. The summed E-state index contributed by atoms with van der Waals surface area (Å²) in [5.41, 5.74) is 12.6. The van der Waals surface area contributed by atoms with E-state index >= 15 is 0 Å². The molecule has 0 spiro atoms. The van der Waals surface area contributed by atoms with Crippen LogP contribution in [-0.4, -0.2) is 49.9 Å². The van der Waals surface area contributed by atoms with Crippen LogP contribution in [-0.2, 0) is 5.41 Å². The number of H-pyrrole nitrogens is 1. The van der Waals surface area contributed by atoms with Gasteiger partial charge in [-0.2, -0.15) is 5.10 Å². The lowest BCUT2D eigenvalue weighted by Crippen LogP contribution is -2.32. The van der Waals surface area contributed by atoms with Crippen LogP contribution >= 0.6 is 0 Å². The van der Waals surface area contributed by atoms with Crippen molar-refractivity contribution < 1.29 is 4.52 Å². The van der Waals surface area contributed by atoms with Gasteiger partial charge in [0.2, 0.25) is 5.65 Å². The Bertz CT molecular complexity index is 1590. The van der Waals surface area contributed by atoms with Crippen LogP contribution in [0, 0.1) is 25.7 Å². The molecule has 3 atom stereocenters. The third-order valence-electron chi connectivity index (χ3n) is 8.09. The number of pyridine rings is 1. The second-order valence-electron chi connectivity index (χ2n) is 9.84. The maximum atomic E-state index is 6.29. The molecule has 1 saturated carbocycles. The van der Waals surface area contributed by atoms with E-state index in [-0.39, 0.29) is 5.41 Å². The van der Waals surface area contributed by atoms with Crippen molar-refractivity contribution in [3.8, 4) is 11.3 Å². The molecular weight excluding hydrogens is 440 g/mol. The van der Waals surface area contributed by atoms with Gasteiger partial charge in [0.1, 0.15) is 17.1 Å². The molecule has 176 valence electrons. The lowest BCUT2D eigenvalue weighted by Gasteiger charge is -2.26. The molecule has 7 rings (SSSR count). The fourth-order valence-corrected chi connectivity index (χ4v) is 6.22. The average molecular weight is 467 g/mol. The molecule has 0 amide bonds. The Balaban J connectivity index is 1.21. The third kappa shape index (κ3) is 2.88. The van der Waals surface area contributed by atoms with E-state index in [1.54, 1.807) is 0 Å². The molecule has 2 aliphatic rings. The smallest absolute Gasteiger partial charge is 0.202 e. The molecule has 9 nitrogen and oxygen atoms in total. The van der Waals surface area contributed by atoms with E-state index in [1.807, 2.05) is 31.5 Å². The Hall–Kier alpha value is -3.85. The SMILES string of the molecule is Cc1cc(C2(CN)C3CCN(c4cnc5c(-c6ccc(C)c7ncccc67)[nH]nc5n4)CC32)no1. The van der Waals surface area contributed by atoms with Crippen LogP contribution < -0.4 is 10.6 Å². The van der Waals surface area contributed by atoms with Gasteiger partial charge >= 0.3 is 0 Å². The molecule has 3 N–H and O–H groups in total. The predicted molar refractivity (Wildman–Crippen MR) is 133 cm³/mol. The highest BCUT2D eigenvalue weighted by atomic mass is 16.5. The van der Waals surface area contributed by atoms with Crippen molar-refractivity contribution in [1.82, 2.24) is 30.3 Å². The van der Waals surface area contributed by atoms with E-state index in [4.69, 9.17) is 20.2 Å². The Morgan fingerprint density at radius 3 is 2.91 bits per heavy atom. The van der Waals surface area contributed by atoms with E-state index in [9.17, 15) is 0 Å². The molecule has 1 aliphatic heterocycles. The van der Waals surface area contributed by atoms with Gasteiger partial charge < -0.3 is 15.2 Å². The molecule has 3 unspecified atom stereocenters. The Morgan fingerprint density at radius 1 is 1.17 bits per heavy atom. The van der Waals surface area contributed by atoms with Gasteiger partial charge in [-0.1, -0.05) is 23.4 Å². The van der Waals surface area contributed by atoms with E-state index in [0.717, 1.165) is 70.0 Å². The fraction of sp³-hybridized carbons (Fsp3) is 0.346.